The van der Waals surface area contributed by atoms with Crippen molar-refractivity contribution < 1.29 is 9.90 Å². The third kappa shape index (κ3) is 3.38. The second-order valence-electron chi connectivity index (χ2n) is 4.63. The Hall–Kier alpha value is -0.750. The van der Waals surface area contributed by atoms with E-state index >= 15 is 0 Å². The van der Waals surface area contributed by atoms with Crippen molar-refractivity contribution in [1.29, 1.82) is 0 Å². The largest absolute Gasteiger partial charge is 0.481 e. The van der Waals surface area contributed by atoms with Crippen LogP contribution in [0.15, 0.2) is 5.38 Å². The number of aliphatic carboxylic acids is 1. The molecule has 1 aliphatic rings. The van der Waals surface area contributed by atoms with E-state index in [1.165, 1.54) is 19.3 Å². The molecule has 0 atom stereocenters. The molecule has 1 aliphatic carbocycles. The molecule has 0 aromatic carbocycles. The number of nitrogens with one attached hydrogen (secondary N) is 1. The van der Waals surface area contributed by atoms with E-state index in [1.807, 2.05) is 17.1 Å². The highest BCUT2D eigenvalue weighted by atomic mass is 32.2. The lowest BCUT2D eigenvalue weighted by atomic mass is 9.84. The van der Waals surface area contributed by atoms with Crippen molar-refractivity contribution in [3.63, 3.8) is 0 Å². The van der Waals surface area contributed by atoms with Crippen LogP contribution in [-0.4, -0.2) is 33.6 Å². The van der Waals surface area contributed by atoms with Gasteiger partial charge in [0.2, 0.25) is 0 Å². The Labute approximate surface area is 115 Å². The number of aromatic nitrogens is 1. The molecular weight excluding hydrogens is 268 g/mol. The minimum absolute atomic E-state index is 0.151. The van der Waals surface area contributed by atoms with Crippen LogP contribution in [0, 0.1) is 0 Å². The maximum atomic E-state index is 10.5. The average molecular weight is 286 g/mol. The number of anilines is 1. The standard InChI is InChI=1S/C12H18N2O2S2/c1-17-12(5-2-6-12)8-13-11-14-9(7-18-11)3-4-10(15)16/h7H,2-6,8H2,1H3,(H,13,14)(H,15,16). The number of rotatable bonds is 7. The lowest BCUT2D eigenvalue weighted by Crippen LogP contribution is -2.40. The second-order valence-corrected chi connectivity index (χ2v) is 6.76. The number of carboxylic acid groups (broad SMARTS) is 1. The van der Waals surface area contributed by atoms with Crippen molar-refractivity contribution in [3.8, 4) is 0 Å². The van der Waals surface area contributed by atoms with Crippen LogP contribution in [0.25, 0.3) is 0 Å². The highest BCUT2D eigenvalue weighted by Gasteiger charge is 2.35. The van der Waals surface area contributed by atoms with Crippen LogP contribution >= 0.6 is 23.1 Å². The number of nitrogens with zero attached hydrogens (tertiary/aromatic N) is 1. The summed E-state index contributed by atoms with van der Waals surface area (Å²) in [7, 11) is 0. The van der Waals surface area contributed by atoms with Crippen molar-refractivity contribution in [1.82, 2.24) is 4.98 Å². The second kappa shape index (κ2) is 5.93. The van der Waals surface area contributed by atoms with Gasteiger partial charge in [0.25, 0.3) is 0 Å². The van der Waals surface area contributed by atoms with Crippen LogP contribution in [0.5, 0.6) is 0 Å². The van der Waals surface area contributed by atoms with Crippen molar-refractivity contribution in [2.24, 2.45) is 0 Å². The Bertz CT molecular complexity index is 410. The lowest BCUT2D eigenvalue weighted by Gasteiger charge is -2.40. The average Bonchev–Trinajstić information content (AvgIpc) is 2.74. The smallest absolute Gasteiger partial charge is 0.303 e. The van der Waals surface area contributed by atoms with Crippen molar-refractivity contribution in [2.75, 3.05) is 18.1 Å². The number of carbonyl (C=O) groups is 1. The van der Waals surface area contributed by atoms with Crippen LogP contribution < -0.4 is 5.32 Å². The van der Waals surface area contributed by atoms with E-state index in [9.17, 15) is 4.79 Å². The third-order valence-electron chi connectivity index (χ3n) is 3.41. The molecule has 1 aromatic rings. The molecule has 4 nitrogen and oxygen atoms in total. The molecule has 0 amide bonds. The molecule has 0 bridgehead atoms. The fourth-order valence-electron chi connectivity index (χ4n) is 2.00. The first-order chi connectivity index (χ1) is 8.63. The maximum Gasteiger partial charge on any atom is 0.303 e. The van der Waals surface area contributed by atoms with Gasteiger partial charge >= 0.3 is 5.97 Å². The van der Waals surface area contributed by atoms with E-state index in [-0.39, 0.29) is 6.42 Å². The molecule has 1 heterocycles. The van der Waals surface area contributed by atoms with Gasteiger partial charge in [-0.2, -0.15) is 11.8 Å². The van der Waals surface area contributed by atoms with E-state index in [0.29, 0.717) is 11.2 Å². The molecule has 6 heteroatoms. The third-order valence-corrected chi connectivity index (χ3v) is 5.67. The first-order valence-corrected chi connectivity index (χ1v) is 8.19. The number of hydrogen-bond donors (Lipinski definition) is 2. The molecule has 1 aromatic heterocycles. The molecular formula is C12H18N2O2S2. The van der Waals surface area contributed by atoms with Gasteiger partial charge in [-0.1, -0.05) is 6.42 Å². The number of thioether (sulfide) groups is 1. The Kier molecular flexibility index (Phi) is 4.50. The Morgan fingerprint density at radius 3 is 3.00 bits per heavy atom. The summed E-state index contributed by atoms with van der Waals surface area (Å²) in [5.41, 5.74) is 0.872. The normalized spacial score (nSPS) is 17.2. The number of thiazole rings is 1. The molecule has 0 aliphatic heterocycles. The van der Waals surface area contributed by atoms with Gasteiger partial charge < -0.3 is 10.4 Å². The fraction of sp³-hybridized carbons (Fsp3) is 0.667. The molecule has 0 saturated heterocycles. The quantitative estimate of drug-likeness (QED) is 0.807. The predicted molar refractivity (Wildman–Crippen MR) is 76.7 cm³/mol. The molecule has 0 unspecified atom stereocenters. The molecule has 0 spiro atoms. The van der Waals surface area contributed by atoms with Gasteiger partial charge in [-0.25, -0.2) is 4.98 Å². The van der Waals surface area contributed by atoms with Gasteiger partial charge in [-0.3, -0.25) is 4.79 Å². The summed E-state index contributed by atoms with van der Waals surface area (Å²) in [6.07, 6.45) is 6.71. The van der Waals surface area contributed by atoms with E-state index < -0.39 is 5.97 Å². The maximum absolute atomic E-state index is 10.5. The van der Waals surface area contributed by atoms with Gasteiger partial charge in [-0.15, -0.1) is 11.3 Å². The van der Waals surface area contributed by atoms with Gasteiger partial charge in [-0.05, 0) is 19.1 Å². The summed E-state index contributed by atoms with van der Waals surface area (Å²) in [5.74, 6) is -0.770. The van der Waals surface area contributed by atoms with Gasteiger partial charge in [0.1, 0.15) is 0 Å². The van der Waals surface area contributed by atoms with E-state index in [2.05, 4.69) is 16.6 Å². The molecule has 1 saturated carbocycles. The number of aryl methyl sites for hydroxylation is 1. The van der Waals surface area contributed by atoms with Gasteiger partial charge in [0, 0.05) is 23.1 Å². The first-order valence-electron chi connectivity index (χ1n) is 6.09. The van der Waals surface area contributed by atoms with Crippen LogP contribution in [0.3, 0.4) is 0 Å². The lowest BCUT2D eigenvalue weighted by molar-refractivity contribution is -0.136. The van der Waals surface area contributed by atoms with Crippen molar-refractivity contribution in [2.45, 2.75) is 36.9 Å². The molecule has 2 N–H and O–H groups in total. The van der Waals surface area contributed by atoms with Crippen LogP contribution in [-0.2, 0) is 11.2 Å². The zero-order chi connectivity index (χ0) is 13.0. The molecule has 2 rings (SSSR count). The first kappa shape index (κ1) is 13.7. The fourth-order valence-corrected chi connectivity index (χ4v) is 3.66. The minimum atomic E-state index is -0.770. The van der Waals surface area contributed by atoms with Crippen LogP contribution in [0.1, 0.15) is 31.4 Å². The van der Waals surface area contributed by atoms with E-state index in [1.54, 1.807) is 11.3 Å². The molecule has 100 valence electrons. The summed E-state index contributed by atoms with van der Waals surface area (Å²) < 4.78 is 0.396. The minimum Gasteiger partial charge on any atom is -0.481 e. The monoisotopic (exact) mass is 286 g/mol. The topological polar surface area (TPSA) is 62.2 Å². The number of hydrogen-bond acceptors (Lipinski definition) is 5. The summed E-state index contributed by atoms with van der Waals surface area (Å²) in [5, 5.41) is 14.9. The van der Waals surface area contributed by atoms with Gasteiger partial charge in [0.15, 0.2) is 5.13 Å². The zero-order valence-corrected chi connectivity index (χ0v) is 12.1. The van der Waals surface area contributed by atoms with Crippen LogP contribution in [0.2, 0.25) is 0 Å². The molecule has 1 fully saturated rings. The Balaban J connectivity index is 1.81. The predicted octanol–water partition coefficient (Wildman–Crippen LogP) is 2.86. The van der Waals surface area contributed by atoms with Gasteiger partial charge in [0.05, 0.1) is 12.1 Å². The SMILES string of the molecule is CSC1(CNc2nc(CCC(=O)O)cs2)CCC1. The van der Waals surface area contributed by atoms with E-state index in [0.717, 1.165) is 17.4 Å². The number of carboxylic acids is 1. The highest BCUT2D eigenvalue weighted by molar-refractivity contribution is 8.00. The van der Waals surface area contributed by atoms with Crippen molar-refractivity contribution in [3.05, 3.63) is 11.1 Å². The summed E-state index contributed by atoms with van der Waals surface area (Å²) in [4.78, 5) is 14.9. The Morgan fingerprint density at radius 1 is 1.67 bits per heavy atom. The highest BCUT2D eigenvalue weighted by Crippen LogP contribution is 2.42. The summed E-state index contributed by atoms with van der Waals surface area (Å²) in [6.45, 7) is 0.958. The zero-order valence-electron chi connectivity index (χ0n) is 10.4. The van der Waals surface area contributed by atoms with Crippen LogP contribution in [0.4, 0.5) is 5.13 Å². The summed E-state index contributed by atoms with van der Waals surface area (Å²) >= 11 is 3.50. The Morgan fingerprint density at radius 2 is 2.44 bits per heavy atom. The summed E-state index contributed by atoms with van der Waals surface area (Å²) in [6, 6.07) is 0. The van der Waals surface area contributed by atoms with E-state index in [4.69, 9.17) is 5.11 Å². The molecule has 18 heavy (non-hydrogen) atoms. The van der Waals surface area contributed by atoms with Crippen molar-refractivity contribution >= 4 is 34.2 Å². The molecule has 0 radical (unpaired) electrons.